The molecule has 1 rings (SSSR count). The number of nitrogen functional groups attached to an aromatic ring is 1. The molecule has 1 atom stereocenters. The van der Waals surface area contributed by atoms with Gasteiger partial charge in [0.25, 0.3) is 5.91 Å². The second-order valence-corrected chi connectivity index (χ2v) is 5.69. The first-order valence-electron chi connectivity index (χ1n) is 7.56. The van der Waals surface area contributed by atoms with E-state index in [9.17, 15) is 4.79 Å². The Hall–Kier alpha value is -1.26. The lowest BCUT2D eigenvalue weighted by Gasteiger charge is -2.20. The van der Waals surface area contributed by atoms with E-state index in [1.807, 2.05) is 6.92 Å². The van der Waals surface area contributed by atoms with Gasteiger partial charge in [0, 0.05) is 11.7 Å². The number of nitrogens with two attached hydrogens (primary N) is 1. The van der Waals surface area contributed by atoms with E-state index in [2.05, 4.69) is 24.1 Å². The smallest absolute Gasteiger partial charge is 0.253 e. The first-order chi connectivity index (χ1) is 9.97. The molecule has 0 saturated carbocycles. The van der Waals surface area contributed by atoms with Crippen molar-refractivity contribution >= 4 is 23.2 Å². The second kappa shape index (κ2) is 8.90. The molecule has 3 N–H and O–H groups in total. The van der Waals surface area contributed by atoms with Crippen LogP contribution < -0.4 is 11.1 Å². The molecule has 4 nitrogen and oxygen atoms in total. The summed E-state index contributed by atoms with van der Waals surface area (Å²) in [6, 6.07) is 5.06. The molecule has 0 aromatic heterocycles. The molecular formula is C16H26ClN3O. The van der Waals surface area contributed by atoms with E-state index in [1.54, 1.807) is 18.2 Å². The standard InChI is InChI=1S/C16H26ClN3O/c1-4-20(5-2)10-6-7-12(3)19-16(21)14-11-13(18)8-9-15(14)17/h8-9,11-12H,4-7,10,18H2,1-3H3,(H,19,21). The van der Waals surface area contributed by atoms with E-state index in [4.69, 9.17) is 17.3 Å². The molecule has 118 valence electrons. The van der Waals surface area contributed by atoms with Crippen LogP contribution in [0.2, 0.25) is 5.02 Å². The molecule has 1 aromatic rings. The Morgan fingerprint density at radius 2 is 2.05 bits per heavy atom. The van der Waals surface area contributed by atoms with Gasteiger partial charge in [0.1, 0.15) is 0 Å². The first-order valence-corrected chi connectivity index (χ1v) is 7.93. The SMILES string of the molecule is CCN(CC)CCCC(C)NC(=O)c1cc(N)ccc1Cl. The topological polar surface area (TPSA) is 58.4 Å². The predicted molar refractivity (Wildman–Crippen MR) is 89.8 cm³/mol. The third-order valence-electron chi connectivity index (χ3n) is 3.62. The Balaban J connectivity index is 2.45. The molecule has 21 heavy (non-hydrogen) atoms. The highest BCUT2D eigenvalue weighted by molar-refractivity contribution is 6.34. The summed E-state index contributed by atoms with van der Waals surface area (Å²) in [6.45, 7) is 9.53. The maximum atomic E-state index is 12.2. The van der Waals surface area contributed by atoms with Crippen LogP contribution in [-0.4, -0.2) is 36.5 Å². The van der Waals surface area contributed by atoms with E-state index in [0.717, 1.165) is 32.5 Å². The Kier molecular flexibility index (Phi) is 7.54. The number of nitrogens with one attached hydrogen (secondary N) is 1. The molecule has 1 amide bonds. The van der Waals surface area contributed by atoms with Gasteiger partial charge in [-0.3, -0.25) is 4.79 Å². The van der Waals surface area contributed by atoms with Crippen molar-refractivity contribution < 1.29 is 4.79 Å². The minimum absolute atomic E-state index is 0.116. The highest BCUT2D eigenvalue weighted by Crippen LogP contribution is 2.19. The van der Waals surface area contributed by atoms with Gasteiger partial charge in [-0.15, -0.1) is 0 Å². The average Bonchev–Trinajstić information content (AvgIpc) is 2.46. The van der Waals surface area contributed by atoms with Crippen molar-refractivity contribution in [3.63, 3.8) is 0 Å². The molecule has 0 aliphatic rings. The molecule has 5 heteroatoms. The molecule has 0 aliphatic heterocycles. The fourth-order valence-electron chi connectivity index (χ4n) is 2.25. The van der Waals surface area contributed by atoms with Crippen LogP contribution in [-0.2, 0) is 0 Å². The summed E-state index contributed by atoms with van der Waals surface area (Å²) >= 11 is 6.03. The number of amides is 1. The van der Waals surface area contributed by atoms with Gasteiger partial charge < -0.3 is 16.0 Å². The molecule has 1 unspecified atom stereocenters. The zero-order chi connectivity index (χ0) is 15.8. The van der Waals surface area contributed by atoms with Crippen LogP contribution in [0.15, 0.2) is 18.2 Å². The number of rotatable bonds is 8. The summed E-state index contributed by atoms with van der Waals surface area (Å²) in [5, 5.41) is 3.40. The lowest BCUT2D eigenvalue weighted by molar-refractivity contribution is 0.0937. The third-order valence-corrected chi connectivity index (χ3v) is 3.95. The van der Waals surface area contributed by atoms with Gasteiger partial charge in [-0.25, -0.2) is 0 Å². The van der Waals surface area contributed by atoms with E-state index in [1.165, 1.54) is 0 Å². The molecule has 0 fully saturated rings. The highest BCUT2D eigenvalue weighted by Gasteiger charge is 2.13. The number of hydrogen-bond acceptors (Lipinski definition) is 3. The minimum Gasteiger partial charge on any atom is -0.399 e. The van der Waals surface area contributed by atoms with Crippen LogP contribution in [0.4, 0.5) is 5.69 Å². The zero-order valence-corrected chi connectivity index (χ0v) is 13.9. The van der Waals surface area contributed by atoms with Crippen LogP contribution in [0.1, 0.15) is 44.0 Å². The van der Waals surface area contributed by atoms with Gasteiger partial charge in [0.15, 0.2) is 0 Å². The van der Waals surface area contributed by atoms with Crippen molar-refractivity contribution in [3.05, 3.63) is 28.8 Å². The summed E-state index contributed by atoms with van der Waals surface area (Å²) in [7, 11) is 0. The third kappa shape index (κ3) is 5.94. The zero-order valence-electron chi connectivity index (χ0n) is 13.2. The summed E-state index contributed by atoms with van der Waals surface area (Å²) in [5.74, 6) is -0.164. The van der Waals surface area contributed by atoms with E-state index < -0.39 is 0 Å². The van der Waals surface area contributed by atoms with Crippen molar-refractivity contribution in [2.24, 2.45) is 0 Å². The molecular weight excluding hydrogens is 286 g/mol. The maximum Gasteiger partial charge on any atom is 0.253 e. The van der Waals surface area contributed by atoms with Crippen molar-refractivity contribution in [2.75, 3.05) is 25.4 Å². The van der Waals surface area contributed by atoms with Crippen LogP contribution >= 0.6 is 11.6 Å². The largest absolute Gasteiger partial charge is 0.399 e. The summed E-state index contributed by atoms with van der Waals surface area (Å²) in [6.07, 6.45) is 2.01. The number of hydrogen-bond donors (Lipinski definition) is 2. The monoisotopic (exact) mass is 311 g/mol. The fraction of sp³-hybridized carbons (Fsp3) is 0.562. The lowest BCUT2D eigenvalue weighted by atomic mass is 10.1. The molecule has 0 radical (unpaired) electrons. The minimum atomic E-state index is -0.164. The fourth-order valence-corrected chi connectivity index (χ4v) is 2.45. The normalized spacial score (nSPS) is 12.4. The number of carbonyl (C=O) groups is 1. The summed E-state index contributed by atoms with van der Waals surface area (Å²) in [5.41, 5.74) is 6.67. The second-order valence-electron chi connectivity index (χ2n) is 5.28. The molecule has 0 aliphatic carbocycles. The molecule has 0 spiro atoms. The van der Waals surface area contributed by atoms with Gasteiger partial charge in [-0.2, -0.15) is 0 Å². The van der Waals surface area contributed by atoms with E-state index in [-0.39, 0.29) is 11.9 Å². The number of carbonyl (C=O) groups excluding carboxylic acids is 1. The Morgan fingerprint density at radius 3 is 2.67 bits per heavy atom. The Labute approximate surface area is 132 Å². The highest BCUT2D eigenvalue weighted by atomic mass is 35.5. The lowest BCUT2D eigenvalue weighted by Crippen LogP contribution is -2.33. The maximum absolute atomic E-state index is 12.2. The van der Waals surface area contributed by atoms with Gasteiger partial charge >= 0.3 is 0 Å². The summed E-state index contributed by atoms with van der Waals surface area (Å²) in [4.78, 5) is 14.6. The van der Waals surface area contributed by atoms with E-state index in [0.29, 0.717) is 16.3 Å². The van der Waals surface area contributed by atoms with Crippen molar-refractivity contribution in [3.8, 4) is 0 Å². The molecule has 1 aromatic carbocycles. The van der Waals surface area contributed by atoms with Crippen LogP contribution in [0.25, 0.3) is 0 Å². The molecule has 0 bridgehead atoms. The van der Waals surface area contributed by atoms with Gasteiger partial charge in [0.05, 0.1) is 10.6 Å². The number of nitrogens with zero attached hydrogens (tertiary/aromatic N) is 1. The Morgan fingerprint density at radius 1 is 1.38 bits per heavy atom. The van der Waals surface area contributed by atoms with Crippen molar-refractivity contribution in [1.29, 1.82) is 0 Å². The quantitative estimate of drug-likeness (QED) is 0.725. The first kappa shape index (κ1) is 17.8. The van der Waals surface area contributed by atoms with Crippen molar-refractivity contribution in [2.45, 2.75) is 39.7 Å². The van der Waals surface area contributed by atoms with Crippen LogP contribution in [0.3, 0.4) is 0 Å². The molecule has 0 saturated heterocycles. The van der Waals surface area contributed by atoms with E-state index >= 15 is 0 Å². The van der Waals surface area contributed by atoms with Gasteiger partial charge in [-0.05, 0) is 57.6 Å². The average molecular weight is 312 g/mol. The van der Waals surface area contributed by atoms with Gasteiger partial charge in [-0.1, -0.05) is 25.4 Å². The molecule has 0 heterocycles. The predicted octanol–water partition coefficient (Wildman–Crippen LogP) is 3.16. The summed E-state index contributed by atoms with van der Waals surface area (Å²) < 4.78 is 0. The Bertz CT molecular complexity index is 461. The number of benzene rings is 1. The van der Waals surface area contributed by atoms with Crippen molar-refractivity contribution in [1.82, 2.24) is 10.2 Å². The number of anilines is 1. The van der Waals surface area contributed by atoms with Crippen LogP contribution in [0, 0.1) is 0 Å². The number of halogens is 1. The van der Waals surface area contributed by atoms with Crippen LogP contribution in [0.5, 0.6) is 0 Å². The van der Waals surface area contributed by atoms with Gasteiger partial charge in [0.2, 0.25) is 0 Å².